The maximum absolute atomic E-state index is 12.7. The monoisotopic (exact) mass is 466 g/mol. The highest BCUT2D eigenvalue weighted by Crippen LogP contribution is 2.28. The van der Waals surface area contributed by atoms with Crippen LogP contribution >= 0.6 is 27.3 Å². The summed E-state index contributed by atoms with van der Waals surface area (Å²) in [6, 6.07) is 8.91. The van der Waals surface area contributed by atoms with Crippen molar-refractivity contribution >= 4 is 53.0 Å². The van der Waals surface area contributed by atoms with E-state index in [2.05, 4.69) is 20.7 Å². The van der Waals surface area contributed by atoms with Gasteiger partial charge in [0.05, 0.1) is 27.6 Å². The number of halogens is 1. The second-order valence-electron chi connectivity index (χ2n) is 5.21. The van der Waals surface area contributed by atoms with Crippen LogP contribution in [0.1, 0.15) is 0 Å². The first-order valence-electron chi connectivity index (χ1n) is 7.25. The fourth-order valence-corrected chi connectivity index (χ4v) is 6.82. The summed E-state index contributed by atoms with van der Waals surface area (Å²) < 4.78 is 59.8. The number of hydrogen-bond acceptors (Lipinski definition) is 6. The average molecular weight is 467 g/mol. The van der Waals surface area contributed by atoms with Gasteiger partial charge in [0.15, 0.2) is 0 Å². The molecule has 25 heavy (non-hydrogen) atoms. The first kappa shape index (κ1) is 18.8. The molecule has 1 fully saturated rings. The molecule has 1 aromatic carbocycles. The Labute approximate surface area is 158 Å². The number of thiophene rings is 1. The highest BCUT2D eigenvalue weighted by molar-refractivity contribution is 9.11. The predicted octanol–water partition coefficient (Wildman–Crippen LogP) is 2.33. The average Bonchev–Trinajstić information content (AvgIpc) is 3.03. The van der Waals surface area contributed by atoms with Gasteiger partial charge in [0.1, 0.15) is 4.21 Å². The Morgan fingerprint density at radius 3 is 2.44 bits per heavy atom. The van der Waals surface area contributed by atoms with Gasteiger partial charge in [-0.25, -0.2) is 16.8 Å². The van der Waals surface area contributed by atoms with Gasteiger partial charge in [-0.15, -0.1) is 11.3 Å². The third kappa shape index (κ3) is 4.23. The molecule has 0 unspecified atom stereocenters. The first-order chi connectivity index (χ1) is 11.8. The molecule has 136 valence electrons. The van der Waals surface area contributed by atoms with E-state index in [1.807, 2.05) is 0 Å². The van der Waals surface area contributed by atoms with Gasteiger partial charge in [-0.3, -0.25) is 4.72 Å². The topological polar surface area (TPSA) is 92.8 Å². The summed E-state index contributed by atoms with van der Waals surface area (Å²) in [6.45, 7) is 1.25. The van der Waals surface area contributed by atoms with Gasteiger partial charge < -0.3 is 4.74 Å². The summed E-state index contributed by atoms with van der Waals surface area (Å²) >= 11 is 4.30. The van der Waals surface area contributed by atoms with Crippen molar-refractivity contribution in [3.8, 4) is 0 Å². The quantitative estimate of drug-likeness (QED) is 0.729. The number of rotatable bonds is 5. The molecule has 11 heteroatoms. The normalized spacial score (nSPS) is 16.7. The molecule has 7 nitrogen and oxygen atoms in total. The summed E-state index contributed by atoms with van der Waals surface area (Å²) in [6.07, 6.45) is 0. The second kappa shape index (κ2) is 7.33. The molecule has 1 aromatic heterocycles. The van der Waals surface area contributed by atoms with E-state index in [9.17, 15) is 16.8 Å². The Morgan fingerprint density at radius 1 is 1.08 bits per heavy atom. The van der Waals surface area contributed by atoms with Gasteiger partial charge in [-0.2, -0.15) is 4.31 Å². The zero-order valence-corrected chi connectivity index (χ0v) is 16.9. The Hall–Kier alpha value is -0.980. The number of nitrogens with zero attached hydrogens (tertiary/aromatic N) is 1. The molecule has 1 saturated heterocycles. The summed E-state index contributed by atoms with van der Waals surface area (Å²) in [7, 11) is -7.46. The van der Waals surface area contributed by atoms with Crippen LogP contribution < -0.4 is 4.72 Å². The fraction of sp³-hybridized carbons (Fsp3) is 0.286. The van der Waals surface area contributed by atoms with Crippen LogP contribution in [0.2, 0.25) is 0 Å². The van der Waals surface area contributed by atoms with Crippen molar-refractivity contribution in [2.45, 2.75) is 9.10 Å². The number of benzene rings is 1. The van der Waals surface area contributed by atoms with E-state index < -0.39 is 20.0 Å². The maximum Gasteiger partial charge on any atom is 0.271 e. The molecule has 1 aliphatic rings. The molecule has 0 aliphatic carbocycles. The Morgan fingerprint density at radius 2 is 1.80 bits per heavy atom. The van der Waals surface area contributed by atoms with E-state index in [0.717, 1.165) is 11.3 Å². The molecule has 2 aromatic rings. The van der Waals surface area contributed by atoms with E-state index in [1.54, 1.807) is 6.07 Å². The van der Waals surface area contributed by atoms with Gasteiger partial charge in [-0.1, -0.05) is 6.07 Å². The number of anilines is 1. The molecule has 0 radical (unpaired) electrons. The van der Waals surface area contributed by atoms with Crippen LogP contribution in [-0.4, -0.2) is 47.4 Å². The number of hydrogen-bond donors (Lipinski definition) is 1. The van der Waals surface area contributed by atoms with Crippen molar-refractivity contribution in [1.29, 1.82) is 0 Å². The van der Waals surface area contributed by atoms with Crippen molar-refractivity contribution in [2.24, 2.45) is 0 Å². The van der Waals surface area contributed by atoms with Crippen molar-refractivity contribution in [3.63, 3.8) is 0 Å². The highest BCUT2D eigenvalue weighted by Gasteiger charge is 2.27. The molecule has 2 heterocycles. The van der Waals surface area contributed by atoms with Crippen LogP contribution in [0.25, 0.3) is 0 Å². The van der Waals surface area contributed by atoms with E-state index in [0.29, 0.717) is 17.0 Å². The van der Waals surface area contributed by atoms with Crippen molar-refractivity contribution in [2.75, 3.05) is 31.0 Å². The van der Waals surface area contributed by atoms with Crippen LogP contribution in [0.15, 0.2) is 49.3 Å². The lowest BCUT2D eigenvalue weighted by atomic mass is 10.3. The lowest BCUT2D eigenvalue weighted by Gasteiger charge is -2.26. The van der Waals surface area contributed by atoms with E-state index in [-0.39, 0.29) is 27.9 Å². The summed E-state index contributed by atoms with van der Waals surface area (Å²) in [4.78, 5) is 0.0435. The first-order valence-corrected chi connectivity index (χ1v) is 11.8. The van der Waals surface area contributed by atoms with Crippen molar-refractivity contribution in [1.82, 2.24) is 4.31 Å². The number of sulfonamides is 2. The molecule has 0 amide bonds. The van der Waals surface area contributed by atoms with Crippen LogP contribution in [-0.2, 0) is 24.8 Å². The SMILES string of the molecule is O=S(=O)(Nc1cccc(S(=O)(=O)N2CCOCC2)c1)c1ccc(Br)s1. The lowest BCUT2D eigenvalue weighted by molar-refractivity contribution is 0.0730. The molecule has 0 saturated carbocycles. The van der Waals surface area contributed by atoms with Crippen molar-refractivity contribution in [3.05, 3.63) is 40.2 Å². The third-order valence-corrected chi connectivity index (χ3v) is 8.90. The fourth-order valence-electron chi connectivity index (χ4n) is 2.30. The molecule has 3 rings (SSSR count). The number of morpholine rings is 1. The van der Waals surface area contributed by atoms with Gasteiger partial charge in [0, 0.05) is 13.1 Å². The maximum atomic E-state index is 12.7. The zero-order valence-electron chi connectivity index (χ0n) is 12.9. The predicted molar refractivity (Wildman–Crippen MR) is 98.8 cm³/mol. The molecule has 1 N–H and O–H groups in total. The van der Waals surface area contributed by atoms with Crippen LogP contribution in [0, 0.1) is 0 Å². The summed E-state index contributed by atoms with van der Waals surface area (Å²) in [5, 5.41) is 0. The Kier molecular flexibility index (Phi) is 5.51. The van der Waals surface area contributed by atoms with E-state index in [4.69, 9.17) is 4.74 Å². The minimum absolute atomic E-state index is 0.0435. The minimum atomic E-state index is -3.77. The second-order valence-corrected chi connectivity index (χ2v) is 11.5. The molecular weight excluding hydrogens is 452 g/mol. The van der Waals surface area contributed by atoms with Crippen LogP contribution in [0.5, 0.6) is 0 Å². The molecule has 0 bridgehead atoms. The molecular formula is C14H15BrN2O5S3. The Balaban J connectivity index is 1.86. The van der Waals surface area contributed by atoms with Crippen LogP contribution in [0.4, 0.5) is 5.69 Å². The highest BCUT2D eigenvalue weighted by atomic mass is 79.9. The number of ether oxygens (including phenoxy) is 1. The van der Waals surface area contributed by atoms with E-state index >= 15 is 0 Å². The molecule has 0 atom stereocenters. The largest absolute Gasteiger partial charge is 0.379 e. The van der Waals surface area contributed by atoms with Gasteiger partial charge in [0.25, 0.3) is 10.0 Å². The van der Waals surface area contributed by atoms with Gasteiger partial charge >= 0.3 is 0 Å². The standard InChI is InChI=1S/C14H15BrN2O5S3/c15-13-4-5-14(23-13)24(18,19)16-11-2-1-3-12(10-11)25(20,21)17-6-8-22-9-7-17/h1-5,10,16H,6-9H2. The van der Waals surface area contributed by atoms with Gasteiger partial charge in [-0.05, 0) is 46.3 Å². The molecule has 1 aliphatic heterocycles. The lowest BCUT2D eigenvalue weighted by Crippen LogP contribution is -2.40. The summed E-state index contributed by atoms with van der Waals surface area (Å²) in [5.41, 5.74) is 0.193. The zero-order chi connectivity index (χ0) is 18.1. The van der Waals surface area contributed by atoms with E-state index in [1.165, 1.54) is 34.6 Å². The molecule has 0 spiro atoms. The third-order valence-electron chi connectivity index (χ3n) is 3.51. The van der Waals surface area contributed by atoms with Crippen molar-refractivity contribution < 1.29 is 21.6 Å². The van der Waals surface area contributed by atoms with Gasteiger partial charge in [0.2, 0.25) is 10.0 Å². The Bertz CT molecular complexity index is 966. The number of nitrogens with one attached hydrogen (secondary N) is 1. The van der Waals surface area contributed by atoms with Crippen LogP contribution in [0.3, 0.4) is 0 Å². The smallest absolute Gasteiger partial charge is 0.271 e. The summed E-state index contributed by atoms with van der Waals surface area (Å²) in [5.74, 6) is 0. The minimum Gasteiger partial charge on any atom is -0.379 e.